The fourth-order valence-electron chi connectivity index (χ4n) is 3.06. The molecule has 31 heavy (non-hydrogen) atoms. The van der Waals surface area contributed by atoms with Gasteiger partial charge in [-0.3, -0.25) is 4.99 Å². The Bertz CT molecular complexity index is 1140. The number of benzene rings is 2. The van der Waals surface area contributed by atoms with Crippen molar-refractivity contribution in [3.63, 3.8) is 0 Å². The van der Waals surface area contributed by atoms with Gasteiger partial charge in [-0.15, -0.1) is 11.3 Å². The molecule has 0 amide bonds. The summed E-state index contributed by atoms with van der Waals surface area (Å²) >= 11 is 5.22. The Morgan fingerprint density at radius 3 is 2.23 bits per heavy atom. The Hall–Kier alpha value is -2.58. The highest BCUT2D eigenvalue weighted by Crippen LogP contribution is 2.38. The van der Waals surface area contributed by atoms with Crippen molar-refractivity contribution in [1.29, 1.82) is 0 Å². The summed E-state index contributed by atoms with van der Waals surface area (Å²) in [6, 6.07) is 12.0. The molecule has 0 radical (unpaired) electrons. The molecule has 0 bridgehead atoms. The van der Waals surface area contributed by atoms with Crippen molar-refractivity contribution in [1.82, 2.24) is 4.68 Å². The van der Waals surface area contributed by atoms with Crippen LogP contribution in [0.1, 0.15) is 26.3 Å². The maximum Gasteiger partial charge on any atom is 0.206 e. The molecule has 0 saturated heterocycles. The summed E-state index contributed by atoms with van der Waals surface area (Å²) < 4.78 is 19.3. The van der Waals surface area contributed by atoms with E-state index in [1.165, 1.54) is 0 Å². The first-order valence-electron chi connectivity index (χ1n) is 9.74. The van der Waals surface area contributed by atoms with Gasteiger partial charge in [0, 0.05) is 27.0 Å². The van der Waals surface area contributed by atoms with Gasteiger partial charge in [0.15, 0.2) is 11.5 Å². The van der Waals surface area contributed by atoms with Crippen molar-refractivity contribution in [2.24, 2.45) is 10.1 Å². The molecule has 0 aliphatic carbocycles. The smallest absolute Gasteiger partial charge is 0.206 e. The zero-order chi connectivity index (χ0) is 22.5. The van der Waals surface area contributed by atoms with E-state index in [-0.39, 0.29) is 6.04 Å². The number of hydrogen-bond acceptors (Lipinski definition) is 6. The van der Waals surface area contributed by atoms with Gasteiger partial charge in [-0.1, -0.05) is 34.1 Å². The van der Waals surface area contributed by atoms with Crippen LogP contribution in [-0.2, 0) is 0 Å². The number of aromatic nitrogens is 1. The Balaban J connectivity index is 2.21. The van der Waals surface area contributed by atoms with E-state index in [4.69, 9.17) is 24.3 Å². The number of ether oxygens (including phenoxy) is 3. The van der Waals surface area contributed by atoms with Gasteiger partial charge in [-0.05, 0) is 39.0 Å². The number of methoxy groups -OCH3 is 3. The lowest BCUT2D eigenvalue weighted by molar-refractivity contribution is 0.324. The van der Waals surface area contributed by atoms with Gasteiger partial charge in [0.05, 0.1) is 32.7 Å². The van der Waals surface area contributed by atoms with Crippen LogP contribution >= 0.6 is 27.3 Å². The highest BCUT2D eigenvalue weighted by Gasteiger charge is 2.16. The Labute approximate surface area is 195 Å². The molecule has 164 valence electrons. The maximum atomic E-state index is 5.50. The number of nitrogens with zero attached hydrogens (tertiary/aromatic N) is 3. The molecule has 0 fully saturated rings. The summed E-state index contributed by atoms with van der Waals surface area (Å²) in [5.41, 5.74) is 3.66. The summed E-state index contributed by atoms with van der Waals surface area (Å²) in [7, 11) is 4.80. The Morgan fingerprint density at radius 1 is 1.03 bits per heavy atom. The molecule has 1 heterocycles. The molecule has 0 N–H and O–H groups in total. The highest BCUT2D eigenvalue weighted by molar-refractivity contribution is 9.10. The van der Waals surface area contributed by atoms with Gasteiger partial charge in [-0.2, -0.15) is 5.10 Å². The van der Waals surface area contributed by atoms with E-state index in [1.54, 1.807) is 32.7 Å². The van der Waals surface area contributed by atoms with Gasteiger partial charge < -0.3 is 14.2 Å². The van der Waals surface area contributed by atoms with Crippen LogP contribution in [-0.4, -0.2) is 37.8 Å². The van der Waals surface area contributed by atoms with E-state index in [9.17, 15) is 0 Å². The lowest BCUT2D eigenvalue weighted by Gasteiger charge is -2.14. The molecule has 3 rings (SSSR count). The molecular weight excluding hydrogens is 478 g/mol. The van der Waals surface area contributed by atoms with Crippen LogP contribution < -0.4 is 19.0 Å². The third kappa shape index (κ3) is 5.02. The first-order valence-corrected chi connectivity index (χ1v) is 11.4. The first kappa shape index (κ1) is 23.1. The minimum atomic E-state index is 0.147. The summed E-state index contributed by atoms with van der Waals surface area (Å²) in [4.78, 5) is 5.59. The van der Waals surface area contributed by atoms with Crippen molar-refractivity contribution < 1.29 is 14.2 Å². The van der Waals surface area contributed by atoms with Gasteiger partial charge in [0.2, 0.25) is 10.6 Å². The third-order valence-electron chi connectivity index (χ3n) is 4.54. The Kier molecular flexibility index (Phi) is 7.56. The molecule has 3 aromatic rings. The molecule has 0 spiro atoms. The van der Waals surface area contributed by atoms with Crippen molar-refractivity contribution in [3.05, 3.63) is 56.6 Å². The summed E-state index contributed by atoms with van der Waals surface area (Å²) in [6.07, 6.45) is 0. The second-order valence-corrected chi connectivity index (χ2v) is 8.71. The van der Waals surface area contributed by atoms with Crippen LogP contribution in [0.3, 0.4) is 0 Å². The fraction of sp³-hybridized carbons (Fsp3) is 0.304. The van der Waals surface area contributed by atoms with E-state index in [0.29, 0.717) is 17.2 Å². The zero-order valence-electron chi connectivity index (χ0n) is 18.5. The molecule has 0 aliphatic rings. The van der Waals surface area contributed by atoms with Crippen molar-refractivity contribution in [2.75, 3.05) is 21.3 Å². The topological polar surface area (TPSA) is 57.3 Å². The van der Waals surface area contributed by atoms with Crippen LogP contribution in [0, 0.1) is 0 Å². The average Bonchev–Trinajstić information content (AvgIpc) is 3.13. The van der Waals surface area contributed by atoms with Gasteiger partial charge >= 0.3 is 0 Å². The molecule has 6 nitrogen and oxygen atoms in total. The molecule has 0 saturated carbocycles. The second kappa shape index (κ2) is 10.2. The minimum absolute atomic E-state index is 0.147. The maximum absolute atomic E-state index is 5.50. The van der Waals surface area contributed by atoms with Crippen molar-refractivity contribution >= 4 is 33.0 Å². The monoisotopic (exact) mass is 503 g/mol. The number of thiazole rings is 1. The van der Waals surface area contributed by atoms with Crippen molar-refractivity contribution in [3.8, 4) is 28.5 Å². The summed E-state index contributed by atoms with van der Waals surface area (Å²) in [5, 5.41) is 7.02. The molecule has 0 atom stereocenters. The van der Waals surface area contributed by atoms with Gasteiger partial charge in [0.25, 0.3) is 0 Å². The first-order chi connectivity index (χ1) is 14.9. The van der Waals surface area contributed by atoms with E-state index in [0.717, 1.165) is 31.8 Å². The average molecular weight is 504 g/mol. The van der Waals surface area contributed by atoms with E-state index in [2.05, 4.69) is 41.2 Å². The van der Waals surface area contributed by atoms with Crippen LogP contribution in [0.4, 0.5) is 0 Å². The molecular formula is C23H26BrN3O3S. The van der Waals surface area contributed by atoms with Crippen molar-refractivity contribution in [2.45, 2.75) is 26.8 Å². The molecule has 1 aromatic heterocycles. The predicted molar refractivity (Wildman–Crippen MR) is 130 cm³/mol. The van der Waals surface area contributed by atoms with Crippen LogP contribution in [0.15, 0.2) is 56.3 Å². The van der Waals surface area contributed by atoms with Crippen LogP contribution in [0.5, 0.6) is 17.2 Å². The SMILES string of the molecule is COc1cc(C(C)=Nn2c(-c3ccccc3Br)csc2=NC(C)C)cc(OC)c1OC. The lowest BCUT2D eigenvalue weighted by Crippen LogP contribution is -2.16. The van der Waals surface area contributed by atoms with Gasteiger partial charge in [0.1, 0.15) is 0 Å². The molecule has 2 aromatic carbocycles. The van der Waals surface area contributed by atoms with Crippen LogP contribution in [0.2, 0.25) is 0 Å². The third-order valence-corrected chi connectivity index (χ3v) is 6.06. The van der Waals surface area contributed by atoms with E-state index >= 15 is 0 Å². The number of rotatable bonds is 7. The van der Waals surface area contributed by atoms with Gasteiger partial charge in [-0.25, -0.2) is 4.68 Å². The van der Waals surface area contributed by atoms with Crippen LogP contribution in [0.25, 0.3) is 11.3 Å². The summed E-state index contributed by atoms with van der Waals surface area (Å²) in [5.74, 6) is 1.72. The highest BCUT2D eigenvalue weighted by atomic mass is 79.9. The predicted octanol–water partition coefficient (Wildman–Crippen LogP) is 5.59. The number of hydrogen-bond donors (Lipinski definition) is 0. The standard InChI is InChI=1S/C23H26BrN3O3S/c1-14(2)25-23-27(19(13-31-23)17-9-7-8-10-18(17)24)26-15(3)16-11-20(28-4)22(30-6)21(12-16)29-5/h7-14H,1-6H3. The molecule has 0 aliphatic heterocycles. The molecule has 8 heteroatoms. The zero-order valence-corrected chi connectivity index (χ0v) is 20.9. The molecule has 0 unspecified atom stereocenters. The second-order valence-electron chi connectivity index (χ2n) is 7.02. The Morgan fingerprint density at radius 2 is 1.68 bits per heavy atom. The fourth-order valence-corrected chi connectivity index (χ4v) is 4.50. The van der Waals surface area contributed by atoms with E-state index in [1.807, 2.05) is 41.9 Å². The van der Waals surface area contributed by atoms with E-state index < -0.39 is 0 Å². The number of halogens is 1. The summed E-state index contributed by atoms with van der Waals surface area (Å²) in [6.45, 7) is 6.06. The normalized spacial score (nSPS) is 12.4. The minimum Gasteiger partial charge on any atom is -0.493 e. The quantitative estimate of drug-likeness (QED) is 0.395. The lowest BCUT2D eigenvalue weighted by atomic mass is 10.1. The largest absolute Gasteiger partial charge is 0.493 e.